The standard InChI is InChI=1S/CH4.Li.H3O4P.H/c;;1-5(2,3)4;/h1H4;;(H3,1,2,3,4);. The third-order valence-corrected chi connectivity index (χ3v) is 0. The third-order valence-electron chi connectivity index (χ3n) is 0. The zero-order valence-electron chi connectivity index (χ0n) is 2.20. The van der Waals surface area contributed by atoms with Gasteiger partial charge in [-0.15, -0.1) is 0 Å². The van der Waals surface area contributed by atoms with Crippen LogP contribution in [0.5, 0.6) is 0 Å². The Hall–Kier alpha value is 0.707. The van der Waals surface area contributed by atoms with E-state index in [1.165, 1.54) is 0 Å². The first-order valence-electron chi connectivity index (χ1n) is 0.783. The number of rotatable bonds is 0. The Morgan fingerprint density at radius 3 is 1.14 bits per heavy atom. The van der Waals surface area contributed by atoms with Gasteiger partial charge < -0.3 is 14.7 Å². The SMILES string of the molecule is C.O=P(O)(O)O.[LiH]. The minimum atomic E-state index is -4.64. The van der Waals surface area contributed by atoms with E-state index in [0.717, 1.165) is 0 Å². The van der Waals surface area contributed by atoms with Crippen molar-refractivity contribution >= 4 is 26.7 Å². The molecule has 3 N–H and O–H groups in total. The summed E-state index contributed by atoms with van der Waals surface area (Å²) in [4.78, 5) is 21.6. The molecule has 42 valence electrons. The van der Waals surface area contributed by atoms with Gasteiger partial charge in [-0.25, -0.2) is 4.57 Å². The van der Waals surface area contributed by atoms with Crippen molar-refractivity contribution in [2.45, 2.75) is 7.43 Å². The van der Waals surface area contributed by atoms with Crippen molar-refractivity contribution in [1.29, 1.82) is 0 Å². The fourth-order valence-electron chi connectivity index (χ4n) is 0. The molecule has 6 heteroatoms. The van der Waals surface area contributed by atoms with Gasteiger partial charge in [0, 0.05) is 0 Å². The molecule has 0 radical (unpaired) electrons. The van der Waals surface area contributed by atoms with Crippen molar-refractivity contribution in [3.63, 3.8) is 0 Å². The molecular formula is CH8LiO4P. The second-order valence-electron chi connectivity index (χ2n) is 0.513. The summed E-state index contributed by atoms with van der Waals surface area (Å²) in [6, 6.07) is 0. The van der Waals surface area contributed by atoms with E-state index in [2.05, 4.69) is 0 Å². The molecule has 0 aliphatic heterocycles. The van der Waals surface area contributed by atoms with Gasteiger partial charge in [0.1, 0.15) is 0 Å². The Bertz CT molecular complexity index is 57.8. The zero-order chi connectivity index (χ0) is 4.50. The Morgan fingerprint density at radius 2 is 1.14 bits per heavy atom. The van der Waals surface area contributed by atoms with Gasteiger partial charge in [-0.3, -0.25) is 0 Å². The van der Waals surface area contributed by atoms with Crippen molar-refractivity contribution in [2.75, 3.05) is 0 Å². The summed E-state index contributed by atoms with van der Waals surface area (Å²) in [6.07, 6.45) is 0. The molecule has 0 heterocycles. The fraction of sp³-hybridized carbons (Fsp3) is 1.00. The van der Waals surface area contributed by atoms with Crippen molar-refractivity contribution in [1.82, 2.24) is 0 Å². The number of hydrogen-bond acceptors (Lipinski definition) is 1. The molecule has 0 bridgehead atoms. The van der Waals surface area contributed by atoms with Crippen LogP contribution in [-0.4, -0.2) is 33.5 Å². The van der Waals surface area contributed by atoms with E-state index in [9.17, 15) is 0 Å². The van der Waals surface area contributed by atoms with Crippen LogP contribution >= 0.6 is 7.82 Å². The van der Waals surface area contributed by atoms with E-state index in [0.29, 0.717) is 0 Å². The van der Waals surface area contributed by atoms with E-state index < -0.39 is 7.82 Å². The summed E-state index contributed by atoms with van der Waals surface area (Å²) in [6.45, 7) is 0. The molecule has 0 amide bonds. The van der Waals surface area contributed by atoms with Gasteiger partial charge in [-0.05, 0) is 0 Å². The van der Waals surface area contributed by atoms with Crippen LogP contribution < -0.4 is 0 Å². The number of hydrogen-bond donors (Lipinski definition) is 3. The molecule has 0 saturated heterocycles. The topological polar surface area (TPSA) is 77.8 Å². The maximum atomic E-state index is 8.88. The van der Waals surface area contributed by atoms with Gasteiger partial charge in [0.05, 0.1) is 0 Å². The van der Waals surface area contributed by atoms with Gasteiger partial charge in [-0.1, -0.05) is 7.43 Å². The van der Waals surface area contributed by atoms with Gasteiger partial charge >= 0.3 is 26.7 Å². The van der Waals surface area contributed by atoms with Gasteiger partial charge in [0.15, 0.2) is 0 Å². The first-order valence-corrected chi connectivity index (χ1v) is 2.35. The van der Waals surface area contributed by atoms with Gasteiger partial charge in [0.25, 0.3) is 0 Å². The molecule has 7 heavy (non-hydrogen) atoms. The van der Waals surface area contributed by atoms with E-state index >= 15 is 0 Å². The molecule has 0 aliphatic carbocycles. The summed E-state index contributed by atoms with van der Waals surface area (Å²) >= 11 is 0. The average Bonchev–Trinajstić information content (AvgIpc) is 0.722. The third kappa shape index (κ3) is 297. The summed E-state index contributed by atoms with van der Waals surface area (Å²) in [5, 5.41) is 0. The summed E-state index contributed by atoms with van der Waals surface area (Å²) < 4.78 is 8.88. The summed E-state index contributed by atoms with van der Waals surface area (Å²) in [5.41, 5.74) is 0. The first-order chi connectivity index (χ1) is 2.00. The molecule has 0 fully saturated rings. The van der Waals surface area contributed by atoms with Crippen LogP contribution in [-0.2, 0) is 4.57 Å². The Labute approximate surface area is 54.0 Å². The van der Waals surface area contributed by atoms with Crippen molar-refractivity contribution in [3.8, 4) is 0 Å². The molecule has 0 aliphatic rings. The van der Waals surface area contributed by atoms with Gasteiger partial charge in [-0.2, -0.15) is 0 Å². The predicted molar refractivity (Wildman–Crippen MR) is 28.1 cm³/mol. The van der Waals surface area contributed by atoms with Crippen LogP contribution in [0.3, 0.4) is 0 Å². The molecule has 0 rings (SSSR count). The summed E-state index contributed by atoms with van der Waals surface area (Å²) in [5.74, 6) is 0. The predicted octanol–water partition coefficient (Wildman–Crippen LogP) is -0.941. The molecule has 0 aromatic heterocycles. The zero-order valence-corrected chi connectivity index (χ0v) is 3.09. The Morgan fingerprint density at radius 1 is 1.14 bits per heavy atom. The molecule has 0 saturated carbocycles. The first kappa shape index (κ1) is 15.6. The van der Waals surface area contributed by atoms with Crippen LogP contribution in [0, 0.1) is 0 Å². The maximum absolute atomic E-state index is 8.88. The van der Waals surface area contributed by atoms with Crippen molar-refractivity contribution < 1.29 is 19.2 Å². The molecule has 0 spiro atoms. The van der Waals surface area contributed by atoms with Crippen molar-refractivity contribution in [2.24, 2.45) is 0 Å². The Balaban J connectivity index is -0.0000000800. The molecule has 4 nitrogen and oxygen atoms in total. The quantitative estimate of drug-likeness (QED) is 0.286. The van der Waals surface area contributed by atoms with Crippen LogP contribution in [0.25, 0.3) is 0 Å². The molecule has 0 aromatic rings. The van der Waals surface area contributed by atoms with Crippen LogP contribution in [0.15, 0.2) is 0 Å². The van der Waals surface area contributed by atoms with Crippen LogP contribution in [0.4, 0.5) is 0 Å². The van der Waals surface area contributed by atoms with E-state index in [4.69, 9.17) is 19.2 Å². The monoisotopic (exact) mass is 122 g/mol. The fourth-order valence-corrected chi connectivity index (χ4v) is 0. The van der Waals surface area contributed by atoms with Crippen LogP contribution in [0.1, 0.15) is 7.43 Å². The van der Waals surface area contributed by atoms with Gasteiger partial charge in [0.2, 0.25) is 0 Å². The molecule has 0 aromatic carbocycles. The number of phosphoric acid groups is 1. The van der Waals surface area contributed by atoms with Crippen LogP contribution in [0.2, 0.25) is 0 Å². The Kier molecular flexibility index (Phi) is 10.9. The second-order valence-corrected chi connectivity index (χ2v) is 1.54. The molecule has 0 atom stereocenters. The average molecular weight is 122 g/mol. The second kappa shape index (κ2) is 4.86. The van der Waals surface area contributed by atoms with E-state index in [1.807, 2.05) is 0 Å². The molecule has 0 unspecified atom stereocenters. The van der Waals surface area contributed by atoms with E-state index in [1.54, 1.807) is 0 Å². The minimum absolute atomic E-state index is 0. The van der Waals surface area contributed by atoms with Crippen molar-refractivity contribution in [3.05, 3.63) is 0 Å². The van der Waals surface area contributed by atoms with E-state index in [-0.39, 0.29) is 26.3 Å². The normalized spacial score (nSPS) is 8.43. The summed E-state index contributed by atoms with van der Waals surface area (Å²) in [7, 11) is -4.64. The molecular weight excluding hydrogens is 114 g/mol.